The molecule has 0 aliphatic heterocycles. The molecule has 0 unspecified atom stereocenters. The van der Waals surface area contributed by atoms with E-state index in [1.807, 2.05) is 62.1 Å². The van der Waals surface area contributed by atoms with E-state index < -0.39 is 0 Å². The summed E-state index contributed by atoms with van der Waals surface area (Å²) in [4.78, 5) is 14.2. The van der Waals surface area contributed by atoms with Crippen molar-refractivity contribution in [2.45, 2.75) is 40.3 Å². The fourth-order valence-corrected chi connectivity index (χ4v) is 4.18. The Balaban J connectivity index is 1.94. The number of hydrogen-bond donors (Lipinski definition) is 0. The third-order valence-corrected chi connectivity index (χ3v) is 5.91. The van der Waals surface area contributed by atoms with Gasteiger partial charge in [0.15, 0.2) is 11.5 Å². The van der Waals surface area contributed by atoms with Gasteiger partial charge in [-0.25, -0.2) is 4.39 Å². The van der Waals surface area contributed by atoms with E-state index in [0.717, 1.165) is 11.1 Å². The Morgan fingerprint density at radius 2 is 1.49 bits per heavy atom. The second-order valence-corrected chi connectivity index (χ2v) is 8.76. The van der Waals surface area contributed by atoms with E-state index in [2.05, 4.69) is 0 Å². The molecule has 0 fully saturated rings. The van der Waals surface area contributed by atoms with Gasteiger partial charge in [0.25, 0.3) is 0 Å². The Labute approximate surface area is 230 Å². The first kappa shape index (κ1) is 29.8. The number of halogens is 1. The van der Waals surface area contributed by atoms with E-state index in [1.54, 1.807) is 12.1 Å². The van der Waals surface area contributed by atoms with E-state index in [4.69, 9.17) is 23.7 Å². The second-order valence-electron chi connectivity index (χ2n) is 8.76. The van der Waals surface area contributed by atoms with Crippen LogP contribution in [0.15, 0.2) is 60.7 Å². The van der Waals surface area contributed by atoms with Gasteiger partial charge in [0, 0.05) is 18.7 Å². The molecule has 210 valence electrons. The van der Waals surface area contributed by atoms with Crippen molar-refractivity contribution in [3.05, 3.63) is 83.2 Å². The topological polar surface area (TPSA) is 66.5 Å². The maximum atomic E-state index is 13.7. The van der Waals surface area contributed by atoms with E-state index >= 15 is 0 Å². The summed E-state index contributed by atoms with van der Waals surface area (Å²) in [5, 5.41) is 0. The SMILES string of the molecule is CCOc1cc(CCN(CC(=O)OC)Cc2ccccc2)c(OCC)c(OCC)c1OCc1cccc(F)c1. The standard InChI is InChI=1S/C31H38FNO6/c1-5-36-27-19-25(16-17-33(21-28(34)35-4)20-23-12-9-8-10-13-23)29(37-6-2)31(38-7-3)30(27)39-22-24-14-11-15-26(32)18-24/h8-15,18-19H,5-7,16-17,20-22H2,1-4H3. The van der Waals surface area contributed by atoms with Gasteiger partial charge in [-0.3, -0.25) is 9.69 Å². The average Bonchev–Trinajstić information content (AvgIpc) is 2.93. The molecule has 0 heterocycles. The number of nitrogens with zero attached hydrogens (tertiary/aromatic N) is 1. The molecule has 0 N–H and O–H groups in total. The molecule has 0 radical (unpaired) electrons. The van der Waals surface area contributed by atoms with Crippen LogP contribution in [0.4, 0.5) is 4.39 Å². The summed E-state index contributed by atoms with van der Waals surface area (Å²) in [6, 6.07) is 18.1. The fourth-order valence-electron chi connectivity index (χ4n) is 4.18. The van der Waals surface area contributed by atoms with Crippen molar-refractivity contribution < 1.29 is 32.9 Å². The first-order valence-electron chi connectivity index (χ1n) is 13.3. The van der Waals surface area contributed by atoms with Crippen LogP contribution in [0.25, 0.3) is 0 Å². The van der Waals surface area contributed by atoms with Gasteiger partial charge in [-0.1, -0.05) is 42.5 Å². The van der Waals surface area contributed by atoms with Gasteiger partial charge in [-0.05, 0) is 56.5 Å². The quantitative estimate of drug-likeness (QED) is 0.213. The van der Waals surface area contributed by atoms with Gasteiger partial charge in [0.05, 0.1) is 33.5 Å². The Morgan fingerprint density at radius 3 is 2.15 bits per heavy atom. The predicted octanol–water partition coefficient (Wildman–Crippen LogP) is 5.82. The molecular formula is C31H38FNO6. The zero-order valence-electron chi connectivity index (χ0n) is 23.2. The van der Waals surface area contributed by atoms with Gasteiger partial charge in [0.1, 0.15) is 12.4 Å². The number of hydrogen-bond acceptors (Lipinski definition) is 7. The molecule has 0 aliphatic rings. The minimum Gasteiger partial charge on any atom is -0.490 e. The van der Waals surface area contributed by atoms with E-state index in [-0.39, 0.29) is 24.9 Å². The molecule has 0 bridgehead atoms. The van der Waals surface area contributed by atoms with Crippen LogP contribution in [0.3, 0.4) is 0 Å². The molecule has 0 aromatic heterocycles. The minimum atomic E-state index is -0.330. The molecule has 3 aromatic carbocycles. The van der Waals surface area contributed by atoms with Crippen molar-refractivity contribution in [3.8, 4) is 23.0 Å². The van der Waals surface area contributed by atoms with Gasteiger partial charge in [0.2, 0.25) is 11.5 Å². The van der Waals surface area contributed by atoms with Crippen LogP contribution in [-0.2, 0) is 29.1 Å². The van der Waals surface area contributed by atoms with Gasteiger partial charge in [-0.15, -0.1) is 0 Å². The molecule has 0 amide bonds. The minimum absolute atomic E-state index is 0.132. The number of esters is 1. The third kappa shape index (κ3) is 8.89. The Morgan fingerprint density at radius 1 is 0.795 bits per heavy atom. The first-order valence-corrected chi connectivity index (χ1v) is 13.3. The monoisotopic (exact) mass is 539 g/mol. The lowest BCUT2D eigenvalue weighted by atomic mass is 10.1. The highest BCUT2D eigenvalue weighted by atomic mass is 19.1. The summed E-state index contributed by atoms with van der Waals surface area (Å²) in [7, 11) is 1.39. The number of ether oxygens (including phenoxy) is 5. The first-order chi connectivity index (χ1) is 19.0. The van der Waals surface area contributed by atoms with Crippen molar-refractivity contribution in [1.82, 2.24) is 4.90 Å². The smallest absolute Gasteiger partial charge is 0.319 e. The van der Waals surface area contributed by atoms with Crippen LogP contribution in [0, 0.1) is 5.82 Å². The molecule has 0 aliphatic carbocycles. The van der Waals surface area contributed by atoms with Crippen molar-refractivity contribution >= 4 is 5.97 Å². The summed E-state index contributed by atoms with van der Waals surface area (Å²) >= 11 is 0. The summed E-state index contributed by atoms with van der Waals surface area (Å²) in [6.45, 7) is 8.33. The molecule has 0 spiro atoms. The molecule has 3 rings (SSSR count). The lowest BCUT2D eigenvalue weighted by molar-refractivity contribution is -0.142. The highest BCUT2D eigenvalue weighted by Crippen LogP contribution is 2.48. The Bertz CT molecular complexity index is 1190. The van der Waals surface area contributed by atoms with Gasteiger partial charge < -0.3 is 23.7 Å². The fraction of sp³-hybridized carbons (Fsp3) is 0.387. The summed E-state index contributed by atoms with van der Waals surface area (Å²) < 4.78 is 43.0. The molecule has 0 saturated carbocycles. The van der Waals surface area contributed by atoms with Crippen LogP contribution >= 0.6 is 0 Å². The molecule has 3 aromatic rings. The average molecular weight is 540 g/mol. The van der Waals surface area contributed by atoms with Crippen LogP contribution in [0.5, 0.6) is 23.0 Å². The van der Waals surface area contributed by atoms with Crippen LogP contribution in [0.1, 0.15) is 37.5 Å². The zero-order chi connectivity index (χ0) is 28.0. The molecular weight excluding hydrogens is 501 g/mol. The highest BCUT2D eigenvalue weighted by molar-refractivity contribution is 5.71. The van der Waals surface area contributed by atoms with Crippen LogP contribution in [-0.4, -0.2) is 50.9 Å². The molecule has 0 saturated heterocycles. The van der Waals surface area contributed by atoms with Crippen molar-refractivity contribution in [2.24, 2.45) is 0 Å². The maximum Gasteiger partial charge on any atom is 0.319 e. The molecule has 7 nitrogen and oxygen atoms in total. The number of rotatable bonds is 16. The van der Waals surface area contributed by atoms with Gasteiger partial charge in [-0.2, -0.15) is 0 Å². The molecule has 0 atom stereocenters. The number of methoxy groups -OCH3 is 1. The number of carbonyl (C=O) groups excluding carboxylic acids is 1. The van der Waals surface area contributed by atoms with E-state index in [0.29, 0.717) is 67.9 Å². The molecule has 39 heavy (non-hydrogen) atoms. The summed E-state index contributed by atoms with van der Waals surface area (Å²) in [5.41, 5.74) is 2.64. The Kier molecular flexibility index (Phi) is 11.9. The van der Waals surface area contributed by atoms with Crippen LogP contribution < -0.4 is 18.9 Å². The highest BCUT2D eigenvalue weighted by Gasteiger charge is 2.24. The zero-order valence-corrected chi connectivity index (χ0v) is 23.2. The van der Waals surface area contributed by atoms with Crippen molar-refractivity contribution in [2.75, 3.05) is 40.0 Å². The normalized spacial score (nSPS) is 10.8. The predicted molar refractivity (Wildman–Crippen MR) is 148 cm³/mol. The summed E-state index contributed by atoms with van der Waals surface area (Å²) in [6.07, 6.45) is 0.559. The molecule has 8 heteroatoms. The van der Waals surface area contributed by atoms with E-state index in [9.17, 15) is 9.18 Å². The third-order valence-electron chi connectivity index (χ3n) is 5.91. The van der Waals surface area contributed by atoms with Crippen LogP contribution in [0.2, 0.25) is 0 Å². The van der Waals surface area contributed by atoms with E-state index in [1.165, 1.54) is 19.2 Å². The lowest BCUT2D eigenvalue weighted by Crippen LogP contribution is -2.32. The number of carbonyl (C=O) groups is 1. The Hall–Kier alpha value is -3.78. The van der Waals surface area contributed by atoms with Crippen molar-refractivity contribution in [3.63, 3.8) is 0 Å². The lowest BCUT2D eigenvalue weighted by Gasteiger charge is -2.24. The number of benzene rings is 3. The summed E-state index contributed by atoms with van der Waals surface area (Å²) in [5.74, 6) is 1.30. The van der Waals surface area contributed by atoms with Crippen molar-refractivity contribution in [1.29, 1.82) is 0 Å². The largest absolute Gasteiger partial charge is 0.490 e. The second kappa shape index (κ2) is 15.6. The van der Waals surface area contributed by atoms with Gasteiger partial charge >= 0.3 is 5.97 Å². The maximum absolute atomic E-state index is 13.7.